The first kappa shape index (κ1) is 22.5. The van der Waals surface area contributed by atoms with Gasteiger partial charge in [-0.25, -0.2) is 4.79 Å². The second kappa shape index (κ2) is 10.7. The van der Waals surface area contributed by atoms with Gasteiger partial charge in [0.15, 0.2) is 0 Å². The summed E-state index contributed by atoms with van der Waals surface area (Å²) in [6, 6.07) is 5.44. The van der Waals surface area contributed by atoms with E-state index in [-0.39, 0.29) is 6.61 Å². The molecule has 0 aromatic heterocycles. The minimum absolute atomic E-state index is 0.260. The highest BCUT2D eigenvalue weighted by atomic mass is 19.4. The number of benzene rings is 1. The Hall–Kier alpha value is -1.80. The van der Waals surface area contributed by atoms with E-state index in [9.17, 15) is 18.0 Å². The maximum absolute atomic E-state index is 12.7. The Morgan fingerprint density at radius 1 is 1.18 bits per heavy atom. The quantitative estimate of drug-likeness (QED) is 0.275. The van der Waals surface area contributed by atoms with Gasteiger partial charge in [-0.15, -0.1) is 0 Å². The van der Waals surface area contributed by atoms with Crippen molar-refractivity contribution in [2.45, 2.75) is 57.4 Å². The van der Waals surface area contributed by atoms with Crippen LogP contribution in [-0.4, -0.2) is 38.4 Å². The SMILES string of the molecule is CCOC(=O)OC1(CCCCOCCCCc2cccc(C(F)(F)F)c2)CO1. The number of rotatable bonds is 12. The predicted octanol–water partition coefficient (Wildman–Crippen LogP) is 5.11. The standard InChI is InChI=1S/C20H27F3O5/c1-2-26-18(24)28-19(15-27-19)11-4-6-13-25-12-5-3-8-16-9-7-10-17(14-16)20(21,22)23/h7,9-10,14H,2-6,8,11-13,15H2,1H3. The molecule has 0 spiro atoms. The van der Waals surface area contributed by atoms with Crippen molar-refractivity contribution in [2.24, 2.45) is 0 Å². The van der Waals surface area contributed by atoms with E-state index in [1.54, 1.807) is 13.0 Å². The highest BCUT2D eigenvalue weighted by molar-refractivity contribution is 5.60. The Morgan fingerprint density at radius 3 is 2.54 bits per heavy atom. The fourth-order valence-corrected chi connectivity index (χ4v) is 2.77. The maximum Gasteiger partial charge on any atom is 0.510 e. The molecular weight excluding hydrogens is 377 g/mol. The smallest absolute Gasteiger partial charge is 0.435 e. The number of hydrogen-bond acceptors (Lipinski definition) is 5. The number of carbonyl (C=O) groups is 1. The molecule has 1 heterocycles. The molecule has 0 N–H and O–H groups in total. The van der Waals surface area contributed by atoms with Gasteiger partial charge in [0.05, 0.1) is 12.2 Å². The maximum atomic E-state index is 12.7. The molecule has 1 aliphatic heterocycles. The summed E-state index contributed by atoms with van der Waals surface area (Å²) in [6.07, 6.45) is -0.652. The molecule has 8 heteroatoms. The Labute approximate surface area is 163 Å². The minimum atomic E-state index is -4.30. The second-order valence-electron chi connectivity index (χ2n) is 6.71. The first-order valence-corrected chi connectivity index (χ1v) is 9.58. The molecule has 1 aliphatic rings. The largest absolute Gasteiger partial charge is 0.510 e. The molecule has 1 atom stereocenters. The van der Waals surface area contributed by atoms with Crippen molar-refractivity contribution in [3.63, 3.8) is 0 Å². The number of epoxide rings is 1. The van der Waals surface area contributed by atoms with Crippen LogP contribution < -0.4 is 0 Å². The molecule has 0 radical (unpaired) electrons. The molecule has 1 unspecified atom stereocenters. The lowest BCUT2D eigenvalue weighted by atomic mass is 10.1. The molecule has 0 saturated carbocycles. The molecule has 1 aromatic carbocycles. The van der Waals surface area contributed by atoms with Crippen LogP contribution in [0.15, 0.2) is 24.3 Å². The van der Waals surface area contributed by atoms with Gasteiger partial charge in [-0.05, 0) is 50.7 Å². The highest BCUT2D eigenvalue weighted by Crippen LogP contribution is 2.34. The number of unbranched alkanes of at least 4 members (excludes halogenated alkanes) is 2. The van der Waals surface area contributed by atoms with Gasteiger partial charge in [0.1, 0.15) is 6.61 Å². The Balaban J connectivity index is 1.49. The molecule has 0 bridgehead atoms. The number of hydrogen-bond donors (Lipinski definition) is 0. The van der Waals surface area contributed by atoms with Crippen LogP contribution in [0.4, 0.5) is 18.0 Å². The van der Waals surface area contributed by atoms with E-state index in [0.29, 0.717) is 38.2 Å². The molecule has 1 saturated heterocycles. The van der Waals surface area contributed by atoms with Crippen molar-refractivity contribution in [1.29, 1.82) is 0 Å². The van der Waals surface area contributed by atoms with Gasteiger partial charge in [0.25, 0.3) is 0 Å². The summed E-state index contributed by atoms with van der Waals surface area (Å²) in [6.45, 7) is 3.51. The molecule has 28 heavy (non-hydrogen) atoms. The van der Waals surface area contributed by atoms with Gasteiger partial charge < -0.3 is 18.9 Å². The third kappa shape index (κ3) is 8.06. The summed E-state index contributed by atoms with van der Waals surface area (Å²) in [5, 5.41) is 0. The Kier molecular flexibility index (Phi) is 8.57. The van der Waals surface area contributed by atoms with Gasteiger partial charge in [-0.3, -0.25) is 0 Å². The zero-order valence-corrected chi connectivity index (χ0v) is 16.1. The van der Waals surface area contributed by atoms with Crippen molar-refractivity contribution in [3.05, 3.63) is 35.4 Å². The van der Waals surface area contributed by atoms with Gasteiger partial charge >= 0.3 is 12.3 Å². The van der Waals surface area contributed by atoms with Crippen LogP contribution in [0.5, 0.6) is 0 Å². The molecule has 2 rings (SSSR count). The third-order valence-corrected chi connectivity index (χ3v) is 4.35. The molecule has 5 nitrogen and oxygen atoms in total. The van der Waals surface area contributed by atoms with E-state index in [0.717, 1.165) is 31.7 Å². The molecule has 1 aromatic rings. The minimum Gasteiger partial charge on any atom is -0.435 e. The van der Waals surface area contributed by atoms with Crippen molar-refractivity contribution < 1.29 is 36.9 Å². The summed E-state index contributed by atoms with van der Waals surface area (Å²) in [4.78, 5) is 11.3. The number of carbonyl (C=O) groups excluding carboxylic acids is 1. The lowest BCUT2D eigenvalue weighted by Gasteiger charge is -2.12. The van der Waals surface area contributed by atoms with Crippen LogP contribution in [0.25, 0.3) is 0 Å². The van der Waals surface area contributed by atoms with Crippen LogP contribution in [0.3, 0.4) is 0 Å². The predicted molar refractivity (Wildman–Crippen MR) is 95.8 cm³/mol. The first-order valence-electron chi connectivity index (χ1n) is 9.58. The van der Waals surface area contributed by atoms with Crippen LogP contribution in [0.2, 0.25) is 0 Å². The van der Waals surface area contributed by atoms with Crippen LogP contribution in [-0.2, 0) is 31.5 Å². The number of halogens is 3. The molecular formula is C20H27F3O5. The third-order valence-electron chi connectivity index (χ3n) is 4.35. The number of alkyl halides is 3. The van der Waals surface area contributed by atoms with Crippen LogP contribution in [0.1, 0.15) is 50.2 Å². The molecule has 0 amide bonds. The average Bonchev–Trinajstić information content (AvgIpc) is 3.39. The van der Waals surface area contributed by atoms with E-state index in [1.807, 2.05) is 0 Å². The van der Waals surface area contributed by atoms with Gasteiger partial charge in [0, 0.05) is 19.6 Å². The van der Waals surface area contributed by atoms with Crippen molar-refractivity contribution in [3.8, 4) is 0 Å². The van der Waals surface area contributed by atoms with Crippen LogP contribution >= 0.6 is 0 Å². The first-order chi connectivity index (χ1) is 13.3. The Morgan fingerprint density at radius 2 is 1.89 bits per heavy atom. The summed E-state index contributed by atoms with van der Waals surface area (Å²) in [5.41, 5.74) is 0.0803. The fraction of sp³-hybridized carbons (Fsp3) is 0.650. The number of ether oxygens (including phenoxy) is 4. The second-order valence-corrected chi connectivity index (χ2v) is 6.71. The van der Waals surface area contributed by atoms with E-state index in [4.69, 9.17) is 18.9 Å². The summed E-state index contributed by atoms with van der Waals surface area (Å²) in [5.74, 6) is -0.822. The lowest BCUT2D eigenvalue weighted by Crippen LogP contribution is -2.22. The van der Waals surface area contributed by atoms with Gasteiger partial charge in [-0.2, -0.15) is 13.2 Å². The van der Waals surface area contributed by atoms with Gasteiger partial charge in [-0.1, -0.05) is 18.2 Å². The summed E-state index contributed by atoms with van der Waals surface area (Å²) < 4.78 is 58.6. The van der Waals surface area contributed by atoms with E-state index < -0.39 is 23.7 Å². The van der Waals surface area contributed by atoms with Crippen molar-refractivity contribution >= 4 is 6.16 Å². The molecule has 158 valence electrons. The summed E-state index contributed by atoms with van der Waals surface area (Å²) in [7, 11) is 0. The zero-order chi connectivity index (χ0) is 20.5. The monoisotopic (exact) mass is 404 g/mol. The van der Waals surface area contributed by atoms with Gasteiger partial charge in [0.2, 0.25) is 5.79 Å². The van der Waals surface area contributed by atoms with E-state index >= 15 is 0 Å². The van der Waals surface area contributed by atoms with E-state index in [1.165, 1.54) is 12.1 Å². The summed E-state index contributed by atoms with van der Waals surface area (Å²) >= 11 is 0. The lowest BCUT2D eigenvalue weighted by molar-refractivity contribution is -0.137. The fourth-order valence-electron chi connectivity index (χ4n) is 2.77. The van der Waals surface area contributed by atoms with Crippen LogP contribution in [0, 0.1) is 0 Å². The number of aryl methyl sites for hydroxylation is 1. The molecule has 1 fully saturated rings. The van der Waals surface area contributed by atoms with Crippen molar-refractivity contribution in [1.82, 2.24) is 0 Å². The van der Waals surface area contributed by atoms with E-state index in [2.05, 4.69) is 0 Å². The zero-order valence-electron chi connectivity index (χ0n) is 16.1. The van der Waals surface area contributed by atoms with Crippen molar-refractivity contribution in [2.75, 3.05) is 26.4 Å². The molecule has 0 aliphatic carbocycles. The normalized spacial score (nSPS) is 18.7. The average molecular weight is 404 g/mol. The topological polar surface area (TPSA) is 57.3 Å². The highest BCUT2D eigenvalue weighted by Gasteiger charge is 2.49. The Bertz CT molecular complexity index is 614.